The monoisotopic (exact) mass is 252 g/mol. The zero-order valence-electron chi connectivity index (χ0n) is 12.6. The van der Waals surface area contributed by atoms with Crippen LogP contribution < -0.4 is 5.32 Å². The molecule has 1 N–H and O–H groups in total. The van der Waals surface area contributed by atoms with Gasteiger partial charge in [0.25, 0.3) is 0 Å². The Kier molecular flexibility index (Phi) is 5.50. The molecule has 2 fully saturated rings. The van der Waals surface area contributed by atoms with Gasteiger partial charge in [0.05, 0.1) is 0 Å². The summed E-state index contributed by atoms with van der Waals surface area (Å²) >= 11 is 0. The van der Waals surface area contributed by atoms with Crippen molar-refractivity contribution in [3.63, 3.8) is 0 Å². The fourth-order valence-electron chi connectivity index (χ4n) is 3.83. The van der Waals surface area contributed by atoms with E-state index in [2.05, 4.69) is 31.1 Å². The van der Waals surface area contributed by atoms with Crippen molar-refractivity contribution >= 4 is 0 Å². The van der Waals surface area contributed by atoms with Crippen LogP contribution in [-0.2, 0) is 0 Å². The van der Waals surface area contributed by atoms with Crippen molar-refractivity contribution in [2.75, 3.05) is 20.1 Å². The lowest BCUT2D eigenvalue weighted by molar-refractivity contribution is 0.165. The third-order valence-electron chi connectivity index (χ3n) is 5.21. The molecule has 1 aliphatic heterocycles. The molecule has 2 aliphatic rings. The minimum Gasteiger partial charge on any atom is -0.311 e. The molecule has 0 radical (unpaired) electrons. The van der Waals surface area contributed by atoms with Gasteiger partial charge in [0, 0.05) is 18.6 Å². The number of hydrogen-bond donors (Lipinski definition) is 1. The van der Waals surface area contributed by atoms with Crippen LogP contribution in [-0.4, -0.2) is 37.1 Å². The van der Waals surface area contributed by atoms with Crippen molar-refractivity contribution in [1.29, 1.82) is 0 Å². The van der Waals surface area contributed by atoms with E-state index >= 15 is 0 Å². The zero-order chi connectivity index (χ0) is 13.0. The van der Waals surface area contributed by atoms with E-state index < -0.39 is 0 Å². The van der Waals surface area contributed by atoms with Crippen molar-refractivity contribution in [2.45, 2.75) is 70.9 Å². The molecule has 0 bridgehead atoms. The molecule has 0 aromatic carbocycles. The normalized spacial score (nSPS) is 37.2. The second kappa shape index (κ2) is 6.91. The minimum atomic E-state index is 0.693. The molecule has 1 saturated heterocycles. The minimum absolute atomic E-state index is 0.693. The van der Waals surface area contributed by atoms with E-state index in [9.17, 15) is 0 Å². The molecule has 1 heterocycles. The van der Waals surface area contributed by atoms with E-state index in [1.807, 2.05) is 0 Å². The number of nitrogens with zero attached hydrogens (tertiary/aromatic N) is 1. The van der Waals surface area contributed by atoms with E-state index in [-0.39, 0.29) is 0 Å². The molecule has 0 aromatic rings. The van der Waals surface area contributed by atoms with Crippen LogP contribution in [0.1, 0.15) is 58.8 Å². The van der Waals surface area contributed by atoms with Crippen LogP contribution in [0.2, 0.25) is 0 Å². The van der Waals surface area contributed by atoms with Crippen LogP contribution in [0.5, 0.6) is 0 Å². The van der Waals surface area contributed by atoms with Gasteiger partial charge in [0.2, 0.25) is 0 Å². The van der Waals surface area contributed by atoms with Crippen LogP contribution >= 0.6 is 0 Å². The summed E-state index contributed by atoms with van der Waals surface area (Å²) in [7, 11) is 2.27. The Bertz CT molecular complexity index is 241. The predicted octanol–water partition coefficient (Wildman–Crippen LogP) is 3.28. The molecule has 2 nitrogen and oxygen atoms in total. The highest BCUT2D eigenvalue weighted by atomic mass is 15.1. The molecule has 1 saturated carbocycles. The molecule has 2 heteroatoms. The highest BCUT2D eigenvalue weighted by Gasteiger charge is 2.27. The molecular formula is C16H32N2. The Morgan fingerprint density at radius 1 is 1.06 bits per heavy atom. The van der Waals surface area contributed by atoms with E-state index in [1.165, 1.54) is 58.0 Å². The van der Waals surface area contributed by atoms with Crippen LogP contribution in [0, 0.1) is 11.8 Å². The molecular weight excluding hydrogens is 220 g/mol. The van der Waals surface area contributed by atoms with E-state index in [1.54, 1.807) is 0 Å². The van der Waals surface area contributed by atoms with Gasteiger partial charge in [-0.25, -0.2) is 0 Å². The summed E-state index contributed by atoms with van der Waals surface area (Å²) in [6.07, 6.45) is 9.94. The molecule has 0 spiro atoms. The Morgan fingerprint density at radius 2 is 1.83 bits per heavy atom. The molecule has 0 amide bonds. The summed E-state index contributed by atoms with van der Waals surface area (Å²) in [6, 6.07) is 1.47. The van der Waals surface area contributed by atoms with Crippen LogP contribution in [0.15, 0.2) is 0 Å². The third-order valence-corrected chi connectivity index (χ3v) is 5.21. The average Bonchev–Trinajstić information content (AvgIpc) is 2.55. The van der Waals surface area contributed by atoms with Gasteiger partial charge in [-0.3, -0.25) is 0 Å². The van der Waals surface area contributed by atoms with Crippen molar-refractivity contribution < 1.29 is 0 Å². The van der Waals surface area contributed by atoms with Gasteiger partial charge < -0.3 is 10.2 Å². The largest absolute Gasteiger partial charge is 0.311 e. The first kappa shape index (κ1) is 14.3. The molecule has 18 heavy (non-hydrogen) atoms. The number of rotatable bonds is 3. The molecule has 2 rings (SSSR count). The van der Waals surface area contributed by atoms with Crippen LogP contribution in [0.4, 0.5) is 0 Å². The summed E-state index contributed by atoms with van der Waals surface area (Å²) in [5, 5.41) is 3.97. The van der Waals surface area contributed by atoms with Crippen molar-refractivity contribution in [3.8, 4) is 0 Å². The number of hydrogen-bond acceptors (Lipinski definition) is 2. The maximum Gasteiger partial charge on any atom is 0.00952 e. The number of likely N-dealkylation sites (tertiary alicyclic amines) is 1. The quantitative estimate of drug-likeness (QED) is 0.776. The lowest BCUT2D eigenvalue weighted by Crippen LogP contribution is -2.48. The second-order valence-electron chi connectivity index (χ2n) is 6.84. The summed E-state index contributed by atoms with van der Waals surface area (Å²) in [6.45, 7) is 7.45. The topological polar surface area (TPSA) is 15.3 Å². The van der Waals surface area contributed by atoms with E-state index in [4.69, 9.17) is 0 Å². The van der Waals surface area contributed by atoms with Crippen molar-refractivity contribution in [1.82, 2.24) is 10.2 Å². The highest BCUT2D eigenvalue weighted by Crippen LogP contribution is 2.25. The SMILES string of the molecule is CC1CCCCCC1NC(C)C1CCCN(C)C1. The van der Waals surface area contributed by atoms with Gasteiger partial charge in [-0.15, -0.1) is 0 Å². The standard InChI is InChI=1S/C16H32N2/c1-13-8-5-4-6-10-16(13)17-14(2)15-9-7-11-18(3)12-15/h13-17H,4-12H2,1-3H3. The summed E-state index contributed by atoms with van der Waals surface area (Å²) in [5.74, 6) is 1.73. The first-order chi connectivity index (χ1) is 8.66. The fraction of sp³-hybridized carbons (Fsp3) is 1.00. The lowest BCUT2D eigenvalue weighted by Gasteiger charge is -2.36. The summed E-state index contributed by atoms with van der Waals surface area (Å²) in [5.41, 5.74) is 0. The van der Waals surface area contributed by atoms with E-state index in [0.29, 0.717) is 6.04 Å². The molecule has 0 aromatic heterocycles. The average molecular weight is 252 g/mol. The van der Waals surface area contributed by atoms with Crippen LogP contribution in [0.25, 0.3) is 0 Å². The Hall–Kier alpha value is -0.0800. The summed E-state index contributed by atoms with van der Waals surface area (Å²) in [4.78, 5) is 2.50. The van der Waals surface area contributed by atoms with Crippen LogP contribution in [0.3, 0.4) is 0 Å². The predicted molar refractivity (Wildman–Crippen MR) is 78.9 cm³/mol. The molecule has 4 unspecified atom stereocenters. The van der Waals surface area contributed by atoms with Gasteiger partial charge in [-0.05, 0) is 58.0 Å². The van der Waals surface area contributed by atoms with Gasteiger partial charge in [0.1, 0.15) is 0 Å². The first-order valence-electron chi connectivity index (χ1n) is 8.11. The Morgan fingerprint density at radius 3 is 2.61 bits per heavy atom. The van der Waals surface area contributed by atoms with Gasteiger partial charge in [0.15, 0.2) is 0 Å². The lowest BCUT2D eigenvalue weighted by atomic mass is 9.89. The molecule has 106 valence electrons. The fourth-order valence-corrected chi connectivity index (χ4v) is 3.83. The van der Waals surface area contributed by atoms with Crippen molar-refractivity contribution in [2.24, 2.45) is 11.8 Å². The first-order valence-corrected chi connectivity index (χ1v) is 8.11. The number of piperidine rings is 1. The molecule has 4 atom stereocenters. The highest BCUT2D eigenvalue weighted by molar-refractivity contribution is 4.84. The Balaban J connectivity index is 1.83. The molecule has 1 aliphatic carbocycles. The van der Waals surface area contributed by atoms with Crippen molar-refractivity contribution in [3.05, 3.63) is 0 Å². The maximum absolute atomic E-state index is 3.97. The third kappa shape index (κ3) is 3.96. The van der Waals surface area contributed by atoms with Gasteiger partial charge in [-0.2, -0.15) is 0 Å². The smallest absolute Gasteiger partial charge is 0.00952 e. The second-order valence-corrected chi connectivity index (χ2v) is 6.84. The Labute approximate surface area is 114 Å². The number of nitrogens with one attached hydrogen (secondary N) is 1. The van der Waals surface area contributed by atoms with Gasteiger partial charge >= 0.3 is 0 Å². The maximum atomic E-state index is 3.97. The van der Waals surface area contributed by atoms with E-state index in [0.717, 1.165) is 17.9 Å². The summed E-state index contributed by atoms with van der Waals surface area (Å²) < 4.78 is 0. The van der Waals surface area contributed by atoms with Gasteiger partial charge in [-0.1, -0.05) is 26.2 Å². The zero-order valence-corrected chi connectivity index (χ0v) is 12.6.